The Labute approximate surface area is 142 Å². The molecule has 0 aliphatic carbocycles. The third kappa shape index (κ3) is 3.82. The molecule has 0 bridgehead atoms. The number of hydrogen-bond donors (Lipinski definition) is 0. The minimum atomic E-state index is 0.115. The Hall–Kier alpha value is -2.62. The molecule has 1 aliphatic heterocycles. The molecule has 24 heavy (non-hydrogen) atoms. The number of benzene rings is 2. The van der Waals surface area contributed by atoms with E-state index in [1.165, 1.54) is 12.7 Å². The maximum Gasteiger partial charge on any atom is 0.254 e. The predicted molar refractivity (Wildman–Crippen MR) is 95.2 cm³/mol. The molecule has 4 heteroatoms. The SMILES string of the molecule is CO/N=C/c1ccc(C(=O)N2CCCC2Cc2ccccc2)cc1. The van der Waals surface area contributed by atoms with Crippen LogP contribution in [0.5, 0.6) is 0 Å². The zero-order valence-electron chi connectivity index (χ0n) is 13.9. The molecule has 0 spiro atoms. The van der Waals surface area contributed by atoms with E-state index < -0.39 is 0 Å². The van der Waals surface area contributed by atoms with Crippen LogP contribution in [0.1, 0.15) is 34.3 Å². The van der Waals surface area contributed by atoms with Gasteiger partial charge in [0.05, 0.1) is 6.21 Å². The molecule has 1 unspecified atom stereocenters. The van der Waals surface area contributed by atoms with Crippen molar-refractivity contribution in [3.8, 4) is 0 Å². The largest absolute Gasteiger partial charge is 0.399 e. The second-order valence-corrected chi connectivity index (χ2v) is 6.02. The summed E-state index contributed by atoms with van der Waals surface area (Å²) in [4.78, 5) is 19.5. The minimum absolute atomic E-state index is 0.115. The van der Waals surface area contributed by atoms with Crippen molar-refractivity contribution < 1.29 is 9.63 Å². The summed E-state index contributed by atoms with van der Waals surface area (Å²) in [7, 11) is 1.51. The fourth-order valence-electron chi connectivity index (χ4n) is 3.19. The van der Waals surface area contributed by atoms with E-state index >= 15 is 0 Å². The fraction of sp³-hybridized carbons (Fsp3) is 0.300. The molecule has 4 nitrogen and oxygen atoms in total. The molecule has 1 heterocycles. The summed E-state index contributed by atoms with van der Waals surface area (Å²) in [6.07, 6.45) is 4.69. The molecular formula is C20H22N2O2. The van der Waals surface area contributed by atoms with E-state index in [0.29, 0.717) is 0 Å². The number of amides is 1. The van der Waals surface area contributed by atoms with Crippen LogP contribution in [0.25, 0.3) is 0 Å². The third-order valence-corrected chi connectivity index (χ3v) is 4.42. The van der Waals surface area contributed by atoms with Crippen molar-refractivity contribution in [2.24, 2.45) is 5.16 Å². The van der Waals surface area contributed by atoms with Gasteiger partial charge in [0.1, 0.15) is 7.11 Å². The standard InChI is InChI=1S/C20H22N2O2/c1-24-21-15-17-9-11-18(12-10-17)20(23)22-13-5-8-19(22)14-16-6-3-2-4-7-16/h2-4,6-7,9-12,15,19H,5,8,13-14H2,1H3/b21-15+. The van der Waals surface area contributed by atoms with Gasteiger partial charge in [-0.25, -0.2) is 0 Å². The summed E-state index contributed by atoms with van der Waals surface area (Å²) >= 11 is 0. The van der Waals surface area contributed by atoms with E-state index in [1.54, 1.807) is 6.21 Å². The van der Waals surface area contributed by atoms with Gasteiger partial charge in [-0.15, -0.1) is 0 Å². The maximum absolute atomic E-state index is 12.8. The van der Waals surface area contributed by atoms with Gasteiger partial charge in [0, 0.05) is 18.2 Å². The molecule has 0 N–H and O–H groups in total. The van der Waals surface area contributed by atoms with Gasteiger partial charge >= 0.3 is 0 Å². The van der Waals surface area contributed by atoms with Crippen LogP contribution in [0.2, 0.25) is 0 Å². The highest BCUT2D eigenvalue weighted by molar-refractivity contribution is 5.95. The molecule has 0 saturated carbocycles. The first-order chi connectivity index (χ1) is 11.8. The van der Waals surface area contributed by atoms with Crippen LogP contribution >= 0.6 is 0 Å². The number of likely N-dealkylation sites (tertiary alicyclic amines) is 1. The number of rotatable bonds is 5. The van der Waals surface area contributed by atoms with E-state index in [2.05, 4.69) is 34.3 Å². The van der Waals surface area contributed by atoms with Crippen molar-refractivity contribution >= 4 is 12.1 Å². The quantitative estimate of drug-likeness (QED) is 0.624. The minimum Gasteiger partial charge on any atom is -0.399 e. The van der Waals surface area contributed by atoms with Crippen molar-refractivity contribution in [3.63, 3.8) is 0 Å². The molecule has 3 rings (SSSR count). The molecule has 1 amide bonds. The third-order valence-electron chi connectivity index (χ3n) is 4.42. The molecular weight excluding hydrogens is 300 g/mol. The summed E-state index contributed by atoms with van der Waals surface area (Å²) in [5.74, 6) is 0.115. The lowest BCUT2D eigenvalue weighted by Crippen LogP contribution is -2.36. The van der Waals surface area contributed by atoms with Gasteiger partial charge in [-0.3, -0.25) is 4.79 Å². The Kier molecular flexibility index (Phi) is 5.26. The summed E-state index contributed by atoms with van der Waals surface area (Å²) in [6, 6.07) is 18.2. The normalized spacial score (nSPS) is 17.4. The Morgan fingerprint density at radius 2 is 1.96 bits per heavy atom. The number of nitrogens with zero attached hydrogens (tertiary/aromatic N) is 2. The van der Waals surface area contributed by atoms with E-state index in [1.807, 2.05) is 35.2 Å². The summed E-state index contributed by atoms with van der Waals surface area (Å²) in [5.41, 5.74) is 2.92. The smallest absolute Gasteiger partial charge is 0.254 e. The van der Waals surface area contributed by atoms with Crippen LogP contribution in [0.15, 0.2) is 59.8 Å². The van der Waals surface area contributed by atoms with Gasteiger partial charge in [-0.2, -0.15) is 0 Å². The van der Waals surface area contributed by atoms with Gasteiger partial charge in [-0.05, 0) is 42.5 Å². The molecule has 2 aromatic rings. The van der Waals surface area contributed by atoms with Gasteiger partial charge in [-0.1, -0.05) is 47.6 Å². The average molecular weight is 322 g/mol. The van der Waals surface area contributed by atoms with Crippen molar-refractivity contribution in [1.29, 1.82) is 0 Å². The molecule has 1 atom stereocenters. The van der Waals surface area contributed by atoms with Crippen molar-refractivity contribution in [2.45, 2.75) is 25.3 Å². The van der Waals surface area contributed by atoms with Crippen LogP contribution in [-0.4, -0.2) is 36.7 Å². The van der Waals surface area contributed by atoms with Crippen molar-refractivity contribution in [1.82, 2.24) is 4.90 Å². The molecule has 124 valence electrons. The Balaban J connectivity index is 1.70. The Bertz CT molecular complexity index is 695. The fourth-order valence-corrected chi connectivity index (χ4v) is 3.19. The van der Waals surface area contributed by atoms with Crippen LogP contribution in [0.4, 0.5) is 0 Å². The molecule has 1 saturated heterocycles. The number of hydrogen-bond acceptors (Lipinski definition) is 3. The zero-order valence-corrected chi connectivity index (χ0v) is 13.9. The topological polar surface area (TPSA) is 41.9 Å². The number of carbonyl (C=O) groups excluding carboxylic acids is 1. The molecule has 1 aliphatic rings. The summed E-state index contributed by atoms with van der Waals surface area (Å²) < 4.78 is 0. The first-order valence-corrected chi connectivity index (χ1v) is 8.29. The van der Waals surface area contributed by atoms with E-state index in [4.69, 9.17) is 0 Å². The van der Waals surface area contributed by atoms with E-state index in [9.17, 15) is 4.79 Å². The zero-order chi connectivity index (χ0) is 16.8. The summed E-state index contributed by atoms with van der Waals surface area (Å²) in [5, 5.41) is 3.73. The van der Waals surface area contributed by atoms with Crippen LogP contribution in [0, 0.1) is 0 Å². The predicted octanol–water partition coefficient (Wildman–Crippen LogP) is 3.51. The summed E-state index contributed by atoms with van der Waals surface area (Å²) in [6.45, 7) is 0.837. The lowest BCUT2D eigenvalue weighted by molar-refractivity contribution is 0.0736. The van der Waals surface area contributed by atoms with Gasteiger partial charge < -0.3 is 9.74 Å². The van der Waals surface area contributed by atoms with Gasteiger partial charge in [0.25, 0.3) is 5.91 Å². The van der Waals surface area contributed by atoms with Gasteiger partial charge in [0.2, 0.25) is 0 Å². The van der Waals surface area contributed by atoms with Crippen LogP contribution in [0.3, 0.4) is 0 Å². The monoisotopic (exact) mass is 322 g/mol. The maximum atomic E-state index is 12.8. The second-order valence-electron chi connectivity index (χ2n) is 6.02. The Morgan fingerprint density at radius 3 is 2.67 bits per heavy atom. The number of oxime groups is 1. The van der Waals surface area contributed by atoms with Crippen LogP contribution < -0.4 is 0 Å². The average Bonchev–Trinajstić information content (AvgIpc) is 3.09. The van der Waals surface area contributed by atoms with Crippen molar-refractivity contribution in [2.75, 3.05) is 13.7 Å². The lowest BCUT2D eigenvalue weighted by atomic mass is 10.0. The van der Waals surface area contributed by atoms with Gasteiger partial charge in [0.15, 0.2) is 0 Å². The molecule has 0 radical (unpaired) electrons. The molecule has 0 aromatic heterocycles. The number of carbonyl (C=O) groups is 1. The highest BCUT2D eigenvalue weighted by Gasteiger charge is 2.29. The Morgan fingerprint density at radius 1 is 1.21 bits per heavy atom. The van der Waals surface area contributed by atoms with E-state index in [-0.39, 0.29) is 11.9 Å². The molecule has 1 fully saturated rings. The lowest BCUT2D eigenvalue weighted by Gasteiger charge is -2.25. The first kappa shape index (κ1) is 16.2. The second kappa shape index (κ2) is 7.77. The highest BCUT2D eigenvalue weighted by Crippen LogP contribution is 2.23. The van der Waals surface area contributed by atoms with Crippen molar-refractivity contribution in [3.05, 3.63) is 71.3 Å². The molecule has 2 aromatic carbocycles. The first-order valence-electron chi connectivity index (χ1n) is 8.29. The van der Waals surface area contributed by atoms with E-state index in [0.717, 1.165) is 36.9 Å². The highest BCUT2D eigenvalue weighted by atomic mass is 16.6. The van der Waals surface area contributed by atoms with Crippen LogP contribution in [-0.2, 0) is 11.3 Å².